The van der Waals surface area contributed by atoms with Gasteiger partial charge in [-0.1, -0.05) is 20.8 Å². The van der Waals surface area contributed by atoms with Crippen molar-refractivity contribution in [2.24, 2.45) is 11.1 Å². The van der Waals surface area contributed by atoms with Crippen molar-refractivity contribution in [2.75, 3.05) is 13.2 Å². The van der Waals surface area contributed by atoms with E-state index in [9.17, 15) is 4.79 Å². The number of rotatable bonds is 3. The second-order valence-electron chi connectivity index (χ2n) is 3.86. The molecule has 0 aliphatic heterocycles. The van der Waals surface area contributed by atoms with Crippen molar-refractivity contribution in [3.63, 3.8) is 0 Å². The summed E-state index contributed by atoms with van der Waals surface area (Å²) in [5.41, 5.74) is 5.40. The molecule has 0 saturated carbocycles. The molecule has 0 spiro atoms. The summed E-state index contributed by atoms with van der Waals surface area (Å²) >= 11 is 0. The van der Waals surface area contributed by atoms with Crippen molar-refractivity contribution in [3.05, 3.63) is 0 Å². The second-order valence-corrected chi connectivity index (χ2v) is 3.86. The Kier molecular flexibility index (Phi) is 7.21. The highest BCUT2D eigenvalue weighted by molar-refractivity contribution is 5.85. The predicted molar refractivity (Wildman–Crippen MR) is 54.8 cm³/mol. The monoisotopic (exact) mass is 210 g/mol. The number of nitrogens with one attached hydrogen (secondary N) is 1. The maximum Gasteiger partial charge on any atom is 0.237 e. The van der Waals surface area contributed by atoms with Gasteiger partial charge in [-0.2, -0.15) is 0 Å². The van der Waals surface area contributed by atoms with Crippen LogP contribution in [0.1, 0.15) is 20.8 Å². The lowest BCUT2D eigenvalue weighted by atomic mass is 9.87. The highest BCUT2D eigenvalue weighted by atomic mass is 35.5. The predicted octanol–water partition coefficient (Wildman–Crippen LogP) is -0.110. The lowest BCUT2D eigenvalue weighted by Crippen LogP contribution is -2.49. The Labute approximate surface area is 85.3 Å². The third-order valence-corrected chi connectivity index (χ3v) is 1.63. The molecule has 0 aromatic heterocycles. The molecule has 4 N–H and O–H groups in total. The first-order valence-corrected chi connectivity index (χ1v) is 4.03. The molecule has 0 aromatic carbocycles. The van der Waals surface area contributed by atoms with E-state index < -0.39 is 6.04 Å². The molecule has 1 unspecified atom stereocenters. The van der Waals surface area contributed by atoms with Gasteiger partial charge in [0.25, 0.3) is 0 Å². The number of hydrogen-bond donors (Lipinski definition) is 3. The maximum absolute atomic E-state index is 11.2. The van der Waals surface area contributed by atoms with Crippen LogP contribution in [0.4, 0.5) is 0 Å². The van der Waals surface area contributed by atoms with Gasteiger partial charge in [-0.15, -0.1) is 12.4 Å². The number of amides is 1. The number of aliphatic hydroxyl groups is 1. The lowest BCUT2D eigenvalue weighted by molar-refractivity contribution is -0.124. The van der Waals surface area contributed by atoms with Crippen LogP contribution in [0.25, 0.3) is 0 Å². The fraction of sp³-hybridized carbons (Fsp3) is 0.875. The molecular weight excluding hydrogens is 192 g/mol. The Balaban J connectivity index is 0. The maximum atomic E-state index is 11.2. The molecule has 1 atom stereocenters. The third-order valence-electron chi connectivity index (χ3n) is 1.63. The summed E-state index contributed by atoms with van der Waals surface area (Å²) in [7, 11) is 0. The van der Waals surface area contributed by atoms with Crippen LogP contribution < -0.4 is 11.1 Å². The van der Waals surface area contributed by atoms with E-state index in [4.69, 9.17) is 10.8 Å². The molecule has 80 valence electrons. The van der Waals surface area contributed by atoms with Crippen LogP contribution in [0, 0.1) is 5.41 Å². The Morgan fingerprint density at radius 3 is 2.31 bits per heavy atom. The molecule has 0 saturated heterocycles. The van der Waals surface area contributed by atoms with E-state index in [-0.39, 0.29) is 36.9 Å². The van der Waals surface area contributed by atoms with Crippen molar-refractivity contribution in [1.82, 2.24) is 5.32 Å². The van der Waals surface area contributed by atoms with Crippen LogP contribution >= 0.6 is 12.4 Å². The zero-order valence-electron chi connectivity index (χ0n) is 8.33. The van der Waals surface area contributed by atoms with Gasteiger partial charge >= 0.3 is 0 Å². The van der Waals surface area contributed by atoms with Gasteiger partial charge in [0.2, 0.25) is 5.91 Å². The summed E-state index contributed by atoms with van der Waals surface area (Å²) < 4.78 is 0. The number of hydrogen-bond acceptors (Lipinski definition) is 3. The highest BCUT2D eigenvalue weighted by Gasteiger charge is 2.26. The molecule has 1 amide bonds. The fourth-order valence-electron chi connectivity index (χ4n) is 0.682. The van der Waals surface area contributed by atoms with E-state index in [0.29, 0.717) is 0 Å². The molecule has 13 heavy (non-hydrogen) atoms. The molecule has 0 aliphatic rings. The molecule has 0 heterocycles. The molecule has 0 aliphatic carbocycles. The van der Waals surface area contributed by atoms with Gasteiger partial charge < -0.3 is 16.2 Å². The minimum Gasteiger partial charge on any atom is -0.395 e. The Morgan fingerprint density at radius 2 is 2.00 bits per heavy atom. The first kappa shape index (κ1) is 15.2. The molecular formula is C8H19ClN2O2. The molecule has 0 fully saturated rings. The summed E-state index contributed by atoms with van der Waals surface area (Å²) in [5, 5.41) is 11.0. The molecule has 0 aromatic rings. The number of carbonyl (C=O) groups is 1. The van der Waals surface area contributed by atoms with E-state index >= 15 is 0 Å². The van der Waals surface area contributed by atoms with Crippen LogP contribution in [0.2, 0.25) is 0 Å². The van der Waals surface area contributed by atoms with Crippen LogP contribution in [0.5, 0.6) is 0 Å². The van der Waals surface area contributed by atoms with Crippen LogP contribution in [0.3, 0.4) is 0 Å². The van der Waals surface area contributed by atoms with E-state index in [1.54, 1.807) is 0 Å². The van der Waals surface area contributed by atoms with E-state index in [0.717, 1.165) is 0 Å². The van der Waals surface area contributed by atoms with Gasteiger partial charge in [-0.3, -0.25) is 4.79 Å². The van der Waals surface area contributed by atoms with Gasteiger partial charge in [0.15, 0.2) is 0 Å². The minimum atomic E-state index is -0.524. The summed E-state index contributed by atoms with van der Waals surface area (Å²) in [6.45, 7) is 5.91. The standard InChI is InChI=1S/C8H18N2O2.ClH/c1-8(2,3)6(9)7(12)10-4-5-11;/h6,11H,4-5,9H2,1-3H3,(H,10,12);1H. The van der Waals surface area contributed by atoms with E-state index in [1.807, 2.05) is 20.8 Å². The van der Waals surface area contributed by atoms with Gasteiger partial charge in [0, 0.05) is 6.54 Å². The van der Waals surface area contributed by atoms with E-state index in [2.05, 4.69) is 5.32 Å². The number of nitrogens with two attached hydrogens (primary N) is 1. The summed E-state index contributed by atoms with van der Waals surface area (Å²) in [6, 6.07) is -0.524. The SMILES string of the molecule is CC(C)(C)C(N)C(=O)NCCO.Cl. The largest absolute Gasteiger partial charge is 0.395 e. The topological polar surface area (TPSA) is 75.4 Å². The molecule has 5 heteroatoms. The fourth-order valence-corrected chi connectivity index (χ4v) is 0.682. The number of aliphatic hydroxyl groups excluding tert-OH is 1. The van der Waals surface area contributed by atoms with Crippen molar-refractivity contribution in [2.45, 2.75) is 26.8 Å². The first-order valence-electron chi connectivity index (χ1n) is 4.03. The zero-order valence-corrected chi connectivity index (χ0v) is 9.15. The molecule has 0 radical (unpaired) electrons. The smallest absolute Gasteiger partial charge is 0.237 e. The van der Waals surface area contributed by atoms with Crippen LogP contribution in [-0.2, 0) is 4.79 Å². The van der Waals surface area contributed by atoms with E-state index in [1.165, 1.54) is 0 Å². The normalized spacial score (nSPS) is 13.0. The Hall–Kier alpha value is -0.320. The third kappa shape index (κ3) is 5.85. The first-order chi connectivity index (χ1) is 5.39. The van der Waals surface area contributed by atoms with Crippen LogP contribution in [0.15, 0.2) is 0 Å². The average Bonchev–Trinajstić information content (AvgIpc) is 1.97. The Morgan fingerprint density at radius 1 is 1.54 bits per heavy atom. The second kappa shape index (κ2) is 6.18. The molecule has 0 rings (SSSR count). The number of carbonyl (C=O) groups excluding carboxylic acids is 1. The van der Waals surface area contributed by atoms with Crippen molar-refractivity contribution < 1.29 is 9.90 Å². The lowest BCUT2D eigenvalue weighted by Gasteiger charge is -2.25. The van der Waals surface area contributed by atoms with Crippen LogP contribution in [-0.4, -0.2) is 30.2 Å². The summed E-state index contributed by atoms with van der Waals surface area (Å²) in [6.07, 6.45) is 0. The van der Waals surface area contributed by atoms with Gasteiger partial charge in [0.1, 0.15) is 0 Å². The van der Waals surface area contributed by atoms with Crippen molar-refractivity contribution in [3.8, 4) is 0 Å². The molecule has 0 bridgehead atoms. The highest BCUT2D eigenvalue weighted by Crippen LogP contribution is 2.16. The quantitative estimate of drug-likeness (QED) is 0.609. The Bertz CT molecular complexity index is 157. The summed E-state index contributed by atoms with van der Waals surface area (Å²) in [4.78, 5) is 11.2. The minimum absolute atomic E-state index is 0. The number of halogens is 1. The van der Waals surface area contributed by atoms with Gasteiger partial charge in [0.05, 0.1) is 12.6 Å². The van der Waals surface area contributed by atoms with Gasteiger partial charge in [-0.05, 0) is 5.41 Å². The van der Waals surface area contributed by atoms with Crippen molar-refractivity contribution >= 4 is 18.3 Å². The average molecular weight is 211 g/mol. The molecule has 4 nitrogen and oxygen atoms in total. The van der Waals surface area contributed by atoms with Crippen molar-refractivity contribution in [1.29, 1.82) is 0 Å². The van der Waals surface area contributed by atoms with Gasteiger partial charge in [-0.25, -0.2) is 0 Å². The summed E-state index contributed by atoms with van der Waals surface area (Å²) in [5.74, 6) is -0.212. The zero-order chi connectivity index (χ0) is 9.78.